The van der Waals surface area contributed by atoms with Gasteiger partial charge in [-0.1, -0.05) is 30.3 Å². The molecule has 2 aromatic rings. The van der Waals surface area contributed by atoms with Gasteiger partial charge in [-0.3, -0.25) is 0 Å². The summed E-state index contributed by atoms with van der Waals surface area (Å²) in [6, 6.07) is 11.6. The van der Waals surface area contributed by atoms with E-state index in [4.69, 9.17) is 4.74 Å². The first-order chi connectivity index (χ1) is 8.75. The van der Waals surface area contributed by atoms with Gasteiger partial charge in [0.1, 0.15) is 6.61 Å². The summed E-state index contributed by atoms with van der Waals surface area (Å²) in [5.74, 6) is 0. The minimum atomic E-state index is -0.388. The van der Waals surface area contributed by atoms with Crippen LogP contribution in [0.15, 0.2) is 41.8 Å². The lowest BCUT2D eigenvalue weighted by molar-refractivity contribution is 0.139. The molecular formula is C13H12INO2S. The fourth-order valence-corrected chi connectivity index (χ4v) is 2.84. The van der Waals surface area contributed by atoms with E-state index in [1.807, 2.05) is 41.8 Å². The number of nitrogens with one attached hydrogen (secondary N) is 1. The Kier molecular flexibility index (Phi) is 5.00. The second-order valence-corrected chi connectivity index (χ2v) is 6.36. The van der Waals surface area contributed by atoms with Gasteiger partial charge in [0, 0.05) is 6.54 Å². The Morgan fingerprint density at radius 3 is 2.72 bits per heavy atom. The summed E-state index contributed by atoms with van der Waals surface area (Å²) in [5, 5.41) is 4.74. The lowest BCUT2D eigenvalue weighted by atomic mass is 10.2. The highest BCUT2D eigenvalue weighted by Crippen LogP contribution is 2.18. The third kappa shape index (κ3) is 3.99. The molecule has 0 bridgehead atoms. The molecule has 18 heavy (non-hydrogen) atoms. The van der Waals surface area contributed by atoms with Crippen LogP contribution in [0.2, 0.25) is 0 Å². The molecule has 0 fully saturated rings. The van der Waals surface area contributed by atoms with E-state index in [-0.39, 0.29) is 6.09 Å². The van der Waals surface area contributed by atoms with Crippen molar-refractivity contribution in [3.05, 3.63) is 55.8 Å². The third-order valence-corrected chi connectivity index (χ3v) is 4.53. The van der Waals surface area contributed by atoms with Crippen LogP contribution in [-0.2, 0) is 17.9 Å². The van der Waals surface area contributed by atoms with Crippen molar-refractivity contribution in [1.82, 2.24) is 5.32 Å². The van der Waals surface area contributed by atoms with E-state index >= 15 is 0 Å². The number of ether oxygens (including phenoxy) is 1. The number of halogens is 1. The fourth-order valence-electron chi connectivity index (χ4n) is 1.39. The predicted octanol–water partition coefficient (Wildman–Crippen LogP) is 3.78. The van der Waals surface area contributed by atoms with Crippen molar-refractivity contribution >= 4 is 40.0 Å². The van der Waals surface area contributed by atoms with Crippen molar-refractivity contribution < 1.29 is 9.53 Å². The summed E-state index contributed by atoms with van der Waals surface area (Å²) in [6.07, 6.45) is -0.388. The highest BCUT2D eigenvalue weighted by Gasteiger charge is 2.05. The SMILES string of the molecule is O=C(NCc1ccsc1I)OCc1ccccc1. The first-order valence-electron chi connectivity index (χ1n) is 5.42. The second kappa shape index (κ2) is 6.75. The van der Waals surface area contributed by atoms with E-state index in [0.29, 0.717) is 13.2 Å². The number of benzene rings is 1. The van der Waals surface area contributed by atoms with Crippen molar-refractivity contribution in [1.29, 1.82) is 0 Å². The maximum atomic E-state index is 11.5. The summed E-state index contributed by atoms with van der Waals surface area (Å²) >= 11 is 3.92. The molecule has 0 saturated heterocycles. The maximum Gasteiger partial charge on any atom is 0.407 e. The fraction of sp³-hybridized carbons (Fsp3) is 0.154. The summed E-state index contributed by atoms with van der Waals surface area (Å²) in [5.41, 5.74) is 2.11. The van der Waals surface area contributed by atoms with Crippen LogP contribution in [0.3, 0.4) is 0 Å². The van der Waals surface area contributed by atoms with E-state index in [1.165, 1.54) is 2.88 Å². The van der Waals surface area contributed by atoms with Crippen LogP contribution in [0, 0.1) is 2.88 Å². The van der Waals surface area contributed by atoms with Crippen LogP contribution in [-0.4, -0.2) is 6.09 Å². The number of rotatable bonds is 4. The van der Waals surface area contributed by atoms with Gasteiger partial charge in [0.25, 0.3) is 0 Å². The Balaban J connectivity index is 1.75. The first kappa shape index (κ1) is 13.4. The Labute approximate surface area is 123 Å². The number of alkyl carbamates (subject to hydrolysis) is 1. The van der Waals surface area contributed by atoms with Gasteiger partial charge in [-0.15, -0.1) is 11.3 Å². The number of hydrogen-bond donors (Lipinski definition) is 1. The molecule has 0 atom stereocenters. The summed E-state index contributed by atoms with van der Waals surface area (Å²) < 4.78 is 6.31. The molecule has 94 valence electrons. The summed E-state index contributed by atoms with van der Waals surface area (Å²) in [4.78, 5) is 11.5. The molecule has 0 unspecified atom stereocenters. The Morgan fingerprint density at radius 1 is 1.28 bits per heavy atom. The van der Waals surface area contributed by atoms with Crippen LogP contribution in [0.5, 0.6) is 0 Å². The molecule has 2 rings (SSSR count). The van der Waals surface area contributed by atoms with Gasteiger partial charge in [0.2, 0.25) is 0 Å². The molecule has 0 radical (unpaired) electrons. The Morgan fingerprint density at radius 2 is 2.06 bits per heavy atom. The highest BCUT2D eigenvalue weighted by molar-refractivity contribution is 14.1. The predicted molar refractivity (Wildman–Crippen MR) is 80.5 cm³/mol. The van der Waals surface area contributed by atoms with Gasteiger partial charge in [-0.2, -0.15) is 0 Å². The molecule has 0 aliphatic rings. The van der Waals surface area contributed by atoms with Crippen LogP contribution in [0.4, 0.5) is 4.79 Å². The maximum absolute atomic E-state index is 11.5. The van der Waals surface area contributed by atoms with Gasteiger partial charge in [-0.25, -0.2) is 4.79 Å². The summed E-state index contributed by atoms with van der Waals surface area (Å²) in [6.45, 7) is 0.808. The van der Waals surface area contributed by atoms with E-state index in [1.54, 1.807) is 11.3 Å². The average molecular weight is 373 g/mol. The van der Waals surface area contributed by atoms with Gasteiger partial charge in [0.05, 0.1) is 2.88 Å². The molecule has 0 spiro atoms. The van der Waals surface area contributed by atoms with Gasteiger partial charge < -0.3 is 10.1 Å². The number of hydrogen-bond acceptors (Lipinski definition) is 3. The van der Waals surface area contributed by atoms with E-state index in [9.17, 15) is 4.79 Å². The van der Waals surface area contributed by atoms with Crippen molar-refractivity contribution in [3.8, 4) is 0 Å². The van der Waals surface area contributed by atoms with Crippen molar-refractivity contribution in [3.63, 3.8) is 0 Å². The second-order valence-electron chi connectivity index (χ2n) is 3.63. The standard InChI is InChI=1S/C13H12INO2S/c14-12-11(6-7-18-12)8-15-13(16)17-9-10-4-2-1-3-5-10/h1-7H,8-9H2,(H,15,16). The lowest BCUT2D eigenvalue weighted by Gasteiger charge is -2.06. The van der Waals surface area contributed by atoms with Gasteiger partial charge in [-0.05, 0) is 45.2 Å². The number of carbonyl (C=O) groups excluding carboxylic acids is 1. The van der Waals surface area contributed by atoms with E-state index < -0.39 is 0 Å². The quantitative estimate of drug-likeness (QED) is 0.829. The molecule has 5 heteroatoms. The van der Waals surface area contributed by atoms with Crippen LogP contribution in [0.1, 0.15) is 11.1 Å². The van der Waals surface area contributed by atoms with Gasteiger partial charge >= 0.3 is 6.09 Å². The Hall–Kier alpha value is -1.08. The van der Waals surface area contributed by atoms with Crippen LogP contribution < -0.4 is 5.32 Å². The molecule has 1 aromatic carbocycles. The molecule has 3 nitrogen and oxygen atoms in total. The Bertz CT molecular complexity index is 513. The minimum absolute atomic E-state index is 0.299. The zero-order valence-electron chi connectivity index (χ0n) is 9.56. The highest BCUT2D eigenvalue weighted by atomic mass is 127. The minimum Gasteiger partial charge on any atom is -0.445 e. The number of thiophene rings is 1. The monoisotopic (exact) mass is 373 g/mol. The largest absolute Gasteiger partial charge is 0.445 e. The van der Waals surface area contributed by atoms with E-state index in [0.717, 1.165) is 11.1 Å². The molecule has 1 N–H and O–H groups in total. The molecule has 1 amide bonds. The van der Waals surface area contributed by atoms with Crippen molar-refractivity contribution in [2.75, 3.05) is 0 Å². The molecule has 0 aliphatic heterocycles. The molecule has 1 heterocycles. The van der Waals surface area contributed by atoms with Crippen molar-refractivity contribution in [2.45, 2.75) is 13.2 Å². The molecular weight excluding hydrogens is 361 g/mol. The van der Waals surface area contributed by atoms with Gasteiger partial charge in [0.15, 0.2) is 0 Å². The molecule has 0 saturated carbocycles. The lowest BCUT2D eigenvalue weighted by Crippen LogP contribution is -2.23. The average Bonchev–Trinajstić information content (AvgIpc) is 2.81. The first-order valence-corrected chi connectivity index (χ1v) is 7.38. The smallest absolute Gasteiger partial charge is 0.407 e. The van der Waals surface area contributed by atoms with E-state index in [2.05, 4.69) is 27.9 Å². The normalized spacial score (nSPS) is 10.1. The number of amides is 1. The number of carbonyl (C=O) groups is 1. The molecule has 1 aromatic heterocycles. The third-order valence-electron chi connectivity index (χ3n) is 2.33. The van der Waals surface area contributed by atoms with Crippen LogP contribution >= 0.6 is 33.9 Å². The summed E-state index contributed by atoms with van der Waals surface area (Å²) in [7, 11) is 0. The van der Waals surface area contributed by atoms with Crippen molar-refractivity contribution in [2.24, 2.45) is 0 Å². The molecule has 0 aliphatic carbocycles. The van der Waals surface area contributed by atoms with Crippen LogP contribution in [0.25, 0.3) is 0 Å². The topological polar surface area (TPSA) is 38.3 Å². The zero-order chi connectivity index (χ0) is 12.8. The zero-order valence-corrected chi connectivity index (χ0v) is 12.5.